The number of para-hydroxylation sites is 1. The largest absolute Gasteiger partial charge is 0.295 e. The van der Waals surface area contributed by atoms with Crippen molar-refractivity contribution in [3.05, 3.63) is 35.4 Å². The van der Waals surface area contributed by atoms with Crippen LogP contribution in [0.1, 0.15) is 38.2 Å². The highest BCUT2D eigenvalue weighted by molar-refractivity contribution is 6.42. The lowest BCUT2D eigenvalue weighted by Crippen LogP contribution is -2.31. The van der Waals surface area contributed by atoms with Gasteiger partial charge in [-0.15, -0.1) is 0 Å². The van der Waals surface area contributed by atoms with E-state index in [1.54, 1.807) is 18.2 Å². The summed E-state index contributed by atoms with van der Waals surface area (Å²) in [6, 6.07) is 7.16. The van der Waals surface area contributed by atoms with Crippen molar-refractivity contribution < 1.29 is 14.4 Å². The fourth-order valence-corrected chi connectivity index (χ4v) is 2.96. The summed E-state index contributed by atoms with van der Waals surface area (Å²) >= 11 is 0. The summed E-state index contributed by atoms with van der Waals surface area (Å²) in [6.07, 6.45) is 2.91. The van der Waals surface area contributed by atoms with Gasteiger partial charge in [-0.25, -0.2) is 4.90 Å². The molecule has 1 aliphatic carbocycles. The highest BCUT2D eigenvalue weighted by Crippen LogP contribution is 2.40. The number of ketones is 1. The summed E-state index contributed by atoms with van der Waals surface area (Å²) in [5, 5.41) is 0. The number of carbonyl (C=O) groups is 3. The highest BCUT2D eigenvalue weighted by Gasteiger charge is 2.38. The Labute approximate surface area is 117 Å². The number of amides is 2. The Balaban J connectivity index is 2.22. The van der Waals surface area contributed by atoms with Crippen LogP contribution in [0.2, 0.25) is 0 Å². The van der Waals surface area contributed by atoms with Crippen molar-refractivity contribution in [2.24, 2.45) is 0 Å². The summed E-state index contributed by atoms with van der Waals surface area (Å²) in [4.78, 5) is 37.5. The summed E-state index contributed by atoms with van der Waals surface area (Å²) < 4.78 is 0. The molecule has 1 fully saturated rings. The molecule has 0 saturated heterocycles. The van der Waals surface area contributed by atoms with Gasteiger partial charge in [0.1, 0.15) is 0 Å². The SMILES string of the molecule is CC(=O)N1C(=O)/C(=C2\CCCCC2=O)c2ccccc21. The number of Topliss-reactive ketones (excluding diaryl/α,β-unsaturated/α-hetero) is 1. The van der Waals surface area contributed by atoms with Crippen LogP contribution >= 0.6 is 0 Å². The predicted octanol–water partition coefficient (Wildman–Crippen LogP) is 2.48. The first-order chi connectivity index (χ1) is 9.61. The number of anilines is 1. The van der Waals surface area contributed by atoms with Crippen LogP contribution in [0.15, 0.2) is 29.8 Å². The van der Waals surface area contributed by atoms with Crippen LogP contribution in [0.4, 0.5) is 5.69 Å². The number of fused-ring (bicyclic) bond motifs is 1. The third-order valence-electron chi connectivity index (χ3n) is 3.87. The molecule has 0 unspecified atom stereocenters. The minimum absolute atomic E-state index is 0.0415. The van der Waals surface area contributed by atoms with E-state index >= 15 is 0 Å². The van der Waals surface area contributed by atoms with Gasteiger partial charge >= 0.3 is 0 Å². The van der Waals surface area contributed by atoms with Crippen molar-refractivity contribution in [1.29, 1.82) is 0 Å². The number of rotatable bonds is 0. The van der Waals surface area contributed by atoms with E-state index in [1.165, 1.54) is 11.8 Å². The zero-order valence-electron chi connectivity index (χ0n) is 11.3. The minimum atomic E-state index is -0.357. The molecule has 0 aromatic heterocycles. The molecule has 20 heavy (non-hydrogen) atoms. The van der Waals surface area contributed by atoms with E-state index < -0.39 is 0 Å². The fraction of sp³-hybridized carbons (Fsp3) is 0.312. The zero-order valence-corrected chi connectivity index (χ0v) is 11.3. The normalized spacial score (nSPS) is 22.1. The monoisotopic (exact) mass is 269 g/mol. The summed E-state index contributed by atoms with van der Waals surface area (Å²) in [7, 11) is 0. The van der Waals surface area contributed by atoms with E-state index in [1.807, 2.05) is 6.07 Å². The molecule has 4 heteroatoms. The van der Waals surface area contributed by atoms with Crippen LogP contribution in [0.3, 0.4) is 0 Å². The van der Waals surface area contributed by atoms with Crippen LogP contribution in [0, 0.1) is 0 Å². The van der Waals surface area contributed by atoms with Crippen LogP contribution in [-0.2, 0) is 14.4 Å². The number of carbonyl (C=O) groups excluding carboxylic acids is 3. The molecule has 0 bridgehead atoms. The maximum Gasteiger partial charge on any atom is 0.266 e. The second-order valence-corrected chi connectivity index (χ2v) is 5.16. The molecule has 0 N–H and O–H groups in total. The highest BCUT2D eigenvalue weighted by atomic mass is 16.2. The van der Waals surface area contributed by atoms with Crippen LogP contribution in [-0.4, -0.2) is 17.6 Å². The Morgan fingerprint density at radius 3 is 2.50 bits per heavy atom. The Morgan fingerprint density at radius 2 is 1.80 bits per heavy atom. The summed E-state index contributed by atoms with van der Waals surface area (Å²) in [6.45, 7) is 1.37. The first kappa shape index (κ1) is 12.8. The molecule has 2 amide bonds. The molecule has 1 heterocycles. The van der Waals surface area contributed by atoms with E-state index in [2.05, 4.69) is 0 Å². The lowest BCUT2D eigenvalue weighted by Gasteiger charge is -2.15. The minimum Gasteiger partial charge on any atom is -0.295 e. The van der Waals surface area contributed by atoms with E-state index in [4.69, 9.17) is 0 Å². The lowest BCUT2D eigenvalue weighted by molar-refractivity contribution is -0.122. The molecule has 4 nitrogen and oxygen atoms in total. The predicted molar refractivity (Wildman–Crippen MR) is 75.0 cm³/mol. The van der Waals surface area contributed by atoms with Gasteiger partial charge in [0.05, 0.1) is 11.3 Å². The molecule has 0 atom stereocenters. The number of allylic oxidation sites excluding steroid dienone is 1. The summed E-state index contributed by atoms with van der Waals surface area (Å²) in [5.74, 6) is -0.634. The molecular weight excluding hydrogens is 254 g/mol. The molecule has 1 aliphatic heterocycles. The number of benzene rings is 1. The van der Waals surface area contributed by atoms with Crippen molar-refractivity contribution in [2.75, 3.05) is 4.90 Å². The molecule has 1 aromatic rings. The average Bonchev–Trinajstić information content (AvgIpc) is 2.71. The topological polar surface area (TPSA) is 54.5 Å². The van der Waals surface area contributed by atoms with Crippen molar-refractivity contribution in [2.45, 2.75) is 32.6 Å². The molecule has 0 spiro atoms. The van der Waals surface area contributed by atoms with Crippen molar-refractivity contribution in [1.82, 2.24) is 0 Å². The van der Waals surface area contributed by atoms with E-state index in [9.17, 15) is 14.4 Å². The third-order valence-corrected chi connectivity index (χ3v) is 3.87. The van der Waals surface area contributed by atoms with Gasteiger partial charge in [0.25, 0.3) is 5.91 Å². The molecule has 2 aliphatic rings. The van der Waals surface area contributed by atoms with Gasteiger partial charge in [-0.3, -0.25) is 14.4 Å². The second-order valence-electron chi connectivity index (χ2n) is 5.16. The molecule has 3 rings (SSSR count). The second kappa shape index (κ2) is 4.71. The van der Waals surface area contributed by atoms with Crippen LogP contribution < -0.4 is 4.90 Å². The Bertz CT molecular complexity index is 657. The number of hydrogen-bond acceptors (Lipinski definition) is 3. The number of hydrogen-bond donors (Lipinski definition) is 0. The number of imide groups is 1. The summed E-state index contributed by atoms with van der Waals surface area (Å²) in [5.41, 5.74) is 2.32. The first-order valence-electron chi connectivity index (χ1n) is 6.82. The first-order valence-corrected chi connectivity index (χ1v) is 6.82. The van der Waals surface area contributed by atoms with Gasteiger partial charge in [-0.1, -0.05) is 18.2 Å². The molecule has 1 aromatic carbocycles. The molecule has 1 saturated carbocycles. The lowest BCUT2D eigenvalue weighted by atomic mass is 9.88. The fourth-order valence-electron chi connectivity index (χ4n) is 2.96. The Morgan fingerprint density at radius 1 is 1.10 bits per heavy atom. The van der Waals surface area contributed by atoms with Gasteiger partial charge in [-0.2, -0.15) is 0 Å². The number of nitrogens with zero attached hydrogens (tertiary/aromatic N) is 1. The van der Waals surface area contributed by atoms with E-state index in [0.29, 0.717) is 35.2 Å². The standard InChI is InChI=1S/C16H15NO3/c1-10(18)17-13-8-4-2-6-11(13)15(16(17)20)12-7-3-5-9-14(12)19/h2,4,6,8H,3,5,7,9H2,1H3/b15-12+. The smallest absolute Gasteiger partial charge is 0.266 e. The van der Waals surface area contributed by atoms with Crippen LogP contribution in [0.25, 0.3) is 5.57 Å². The molecule has 102 valence electrons. The average molecular weight is 269 g/mol. The Hall–Kier alpha value is -2.23. The Kier molecular flexibility index (Phi) is 3.01. The molecule has 0 radical (unpaired) electrons. The maximum absolute atomic E-state index is 12.5. The van der Waals surface area contributed by atoms with Gasteiger partial charge in [0.15, 0.2) is 5.78 Å². The van der Waals surface area contributed by atoms with Gasteiger partial charge in [0.2, 0.25) is 5.91 Å². The van der Waals surface area contributed by atoms with Crippen molar-refractivity contribution in [3.8, 4) is 0 Å². The maximum atomic E-state index is 12.5. The van der Waals surface area contributed by atoms with Crippen molar-refractivity contribution >= 4 is 28.9 Å². The van der Waals surface area contributed by atoms with Gasteiger partial charge in [-0.05, 0) is 25.3 Å². The third kappa shape index (κ3) is 1.80. The quantitative estimate of drug-likeness (QED) is 0.680. The van der Waals surface area contributed by atoms with Gasteiger partial charge < -0.3 is 0 Å². The van der Waals surface area contributed by atoms with Crippen molar-refractivity contribution in [3.63, 3.8) is 0 Å². The zero-order chi connectivity index (χ0) is 14.3. The van der Waals surface area contributed by atoms with Gasteiger partial charge in [0, 0.05) is 24.5 Å². The molecular formula is C16H15NO3. The van der Waals surface area contributed by atoms with E-state index in [0.717, 1.165) is 12.8 Å². The van der Waals surface area contributed by atoms with E-state index in [-0.39, 0.29) is 17.6 Å². The van der Waals surface area contributed by atoms with Crippen LogP contribution in [0.5, 0.6) is 0 Å².